The molecule has 0 amide bonds. The number of phenolic OH excluding ortho intramolecular Hbond substituents is 1. The summed E-state index contributed by atoms with van der Waals surface area (Å²) in [6, 6.07) is 4.79. The maximum Gasteiger partial charge on any atom is 0.143 e. The highest BCUT2D eigenvalue weighted by Crippen LogP contribution is 2.34. The Labute approximate surface area is 130 Å². The summed E-state index contributed by atoms with van der Waals surface area (Å²) in [4.78, 5) is 5.15. The van der Waals surface area contributed by atoms with Crippen molar-refractivity contribution in [2.75, 3.05) is 26.2 Å². The van der Waals surface area contributed by atoms with Crippen LogP contribution in [0.2, 0.25) is 0 Å². The number of halogens is 2. The van der Waals surface area contributed by atoms with E-state index in [4.69, 9.17) is 0 Å². The molecule has 0 aromatic heterocycles. The van der Waals surface area contributed by atoms with Crippen molar-refractivity contribution in [2.24, 2.45) is 0 Å². The average molecular weight is 390 g/mol. The molecule has 3 rings (SSSR count). The molecule has 5 heteroatoms. The van der Waals surface area contributed by atoms with Gasteiger partial charge in [0.2, 0.25) is 0 Å². The first-order chi connectivity index (χ1) is 9.13. The van der Waals surface area contributed by atoms with Gasteiger partial charge in [-0.15, -0.1) is 0 Å². The Morgan fingerprint density at radius 2 is 1.89 bits per heavy atom. The highest BCUT2D eigenvalue weighted by molar-refractivity contribution is 9.11. The molecule has 2 aliphatic rings. The van der Waals surface area contributed by atoms with Gasteiger partial charge in [0.05, 0.1) is 8.95 Å². The lowest BCUT2D eigenvalue weighted by atomic mass is 10.1. The van der Waals surface area contributed by atoms with E-state index in [9.17, 15) is 5.11 Å². The SMILES string of the molecule is Oc1c(Br)cc(CN2CCN3CCCC3C2)cc1Br. The van der Waals surface area contributed by atoms with E-state index >= 15 is 0 Å². The first kappa shape index (κ1) is 13.9. The van der Waals surface area contributed by atoms with Gasteiger partial charge in [-0.25, -0.2) is 0 Å². The third-order valence-electron chi connectivity index (χ3n) is 4.15. The van der Waals surface area contributed by atoms with Crippen molar-refractivity contribution < 1.29 is 5.11 Å². The molecule has 1 unspecified atom stereocenters. The first-order valence-electron chi connectivity index (χ1n) is 6.77. The molecule has 1 aromatic carbocycles. The number of hydrogen-bond donors (Lipinski definition) is 1. The summed E-state index contributed by atoms with van der Waals surface area (Å²) in [6.07, 6.45) is 2.70. The molecule has 1 aromatic rings. The maximum absolute atomic E-state index is 9.75. The number of nitrogens with zero attached hydrogens (tertiary/aromatic N) is 2. The molecule has 2 heterocycles. The number of phenols is 1. The Bertz CT molecular complexity index is 458. The smallest absolute Gasteiger partial charge is 0.143 e. The molecule has 0 bridgehead atoms. The van der Waals surface area contributed by atoms with Crippen LogP contribution >= 0.6 is 31.9 Å². The van der Waals surface area contributed by atoms with Crippen molar-refractivity contribution in [1.82, 2.24) is 9.80 Å². The molecular formula is C14H18Br2N2O. The lowest BCUT2D eigenvalue weighted by molar-refractivity contribution is 0.0993. The summed E-state index contributed by atoms with van der Waals surface area (Å²) in [5.41, 5.74) is 1.24. The van der Waals surface area contributed by atoms with Crippen LogP contribution in [0, 0.1) is 0 Å². The highest BCUT2D eigenvalue weighted by Gasteiger charge is 2.30. The third kappa shape index (κ3) is 2.99. The van der Waals surface area contributed by atoms with Crippen LogP contribution in [0.25, 0.3) is 0 Å². The molecule has 19 heavy (non-hydrogen) atoms. The van der Waals surface area contributed by atoms with Crippen molar-refractivity contribution in [3.8, 4) is 5.75 Å². The molecular weight excluding hydrogens is 372 g/mol. The van der Waals surface area contributed by atoms with E-state index in [0.29, 0.717) is 0 Å². The lowest BCUT2D eigenvalue weighted by Gasteiger charge is -2.37. The summed E-state index contributed by atoms with van der Waals surface area (Å²) in [5, 5.41) is 9.75. The summed E-state index contributed by atoms with van der Waals surface area (Å²) >= 11 is 6.80. The normalized spacial score (nSPS) is 24.6. The molecule has 0 saturated carbocycles. The van der Waals surface area contributed by atoms with Crippen LogP contribution in [0.1, 0.15) is 18.4 Å². The zero-order chi connectivity index (χ0) is 13.4. The molecule has 0 spiro atoms. The number of rotatable bonds is 2. The number of piperazine rings is 1. The van der Waals surface area contributed by atoms with Gasteiger partial charge in [-0.05, 0) is 68.9 Å². The summed E-state index contributed by atoms with van der Waals surface area (Å²) < 4.78 is 1.52. The van der Waals surface area contributed by atoms with Crippen LogP contribution in [-0.2, 0) is 6.54 Å². The van der Waals surface area contributed by atoms with E-state index in [1.165, 1.54) is 38.0 Å². The number of benzene rings is 1. The zero-order valence-electron chi connectivity index (χ0n) is 10.8. The molecule has 0 aliphatic carbocycles. The van der Waals surface area contributed by atoms with Gasteiger partial charge in [0.1, 0.15) is 5.75 Å². The minimum absolute atomic E-state index is 0.282. The monoisotopic (exact) mass is 388 g/mol. The largest absolute Gasteiger partial charge is 0.506 e. The Morgan fingerprint density at radius 1 is 1.16 bits per heavy atom. The van der Waals surface area contributed by atoms with E-state index in [-0.39, 0.29) is 5.75 Å². The van der Waals surface area contributed by atoms with E-state index < -0.39 is 0 Å². The van der Waals surface area contributed by atoms with Gasteiger partial charge < -0.3 is 5.11 Å². The molecule has 2 aliphatic heterocycles. The van der Waals surface area contributed by atoms with E-state index in [1.54, 1.807) is 0 Å². The van der Waals surface area contributed by atoms with E-state index in [2.05, 4.69) is 41.7 Å². The Kier molecular flexibility index (Phi) is 4.17. The fraction of sp³-hybridized carbons (Fsp3) is 0.571. The van der Waals surface area contributed by atoms with Gasteiger partial charge in [-0.3, -0.25) is 9.80 Å². The lowest BCUT2D eigenvalue weighted by Crippen LogP contribution is -2.49. The minimum atomic E-state index is 0.282. The average Bonchev–Trinajstić information content (AvgIpc) is 2.83. The predicted octanol–water partition coefficient (Wildman–Crippen LogP) is 3.20. The Balaban J connectivity index is 1.68. The molecule has 1 atom stereocenters. The zero-order valence-corrected chi connectivity index (χ0v) is 14.0. The number of fused-ring (bicyclic) bond motifs is 1. The van der Waals surface area contributed by atoms with Gasteiger partial charge in [0.15, 0.2) is 0 Å². The van der Waals surface area contributed by atoms with Crippen molar-refractivity contribution >= 4 is 31.9 Å². The molecule has 2 saturated heterocycles. The Hall–Kier alpha value is -0.100. The third-order valence-corrected chi connectivity index (χ3v) is 5.36. The highest BCUT2D eigenvalue weighted by atomic mass is 79.9. The molecule has 0 radical (unpaired) electrons. The van der Waals surface area contributed by atoms with Crippen LogP contribution in [0.5, 0.6) is 5.75 Å². The topological polar surface area (TPSA) is 26.7 Å². The van der Waals surface area contributed by atoms with Crippen molar-refractivity contribution in [3.63, 3.8) is 0 Å². The second kappa shape index (κ2) is 5.72. The fourth-order valence-corrected chi connectivity index (χ4v) is 4.45. The molecule has 104 valence electrons. The van der Waals surface area contributed by atoms with Gasteiger partial charge in [-0.1, -0.05) is 0 Å². The summed E-state index contributed by atoms with van der Waals surface area (Å²) in [6.45, 7) is 5.77. The van der Waals surface area contributed by atoms with Crippen LogP contribution < -0.4 is 0 Å². The van der Waals surface area contributed by atoms with Crippen molar-refractivity contribution in [3.05, 3.63) is 26.6 Å². The summed E-state index contributed by atoms with van der Waals surface area (Å²) in [7, 11) is 0. The first-order valence-corrected chi connectivity index (χ1v) is 8.35. The van der Waals surface area contributed by atoms with Crippen molar-refractivity contribution in [2.45, 2.75) is 25.4 Å². The van der Waals surface area contributed by atoms with Crippen molar-refractivity contribution in [1.29, 1.82) is 0 Å². The fourth-order valence-electron chi connectivity index (χ4n) is 3.17. The number of hydrogen-bond acceptors (Lipinski definition) is 3. The Morgan fingerprint density at radius 3 is 2.63 bits per heavy atom. The number of aromatic hydroxyl groups is 1. The van der Waals surface area contributed by atoms with Crippen LogP contribution in [0.3, 0.4) is 0 Å². The summed E-state index contributed by atoms with van der Waals surface area (Å²) in [5.74, 6) is 0.282. The molecule has 2 fully saturated rings. The molecule has 3 nitrogen and oxygen atoms in total. The van der Waals surface area contributed by atoms with Gasteiger partial charge in [0.25, 0.3) is 0 Å². The minimum Gasteiger partial charge on any atom is -0.506 e. The maximum atomic E-state index is 9.75. The van der Waals surface area contributed by atoms with Crippen LogP contribution in [0.15, 0.2) is 21.1 Å². The van der Waals surface area contributed by atoms with Gasteiger partial charge in [-0.2, -0.15) is 0 Å². The van der Waals surface area contributed by atoms with Gasteiger partial charge >= 0.3 is 0 Å². The van der Waals surface area contributed by atoms with Gasteiger partial charge in [0, 0.05) is 32.2 Å². The van der Waals surface area contributed by atoms with Crippen LogP contribution in [-0.4, -0.2) is 47.1 Å². The second-order valence-electron chi connectivity index (χ2n) is 5.48. The predicted molar refractivity (Wildman–Crippen MR) is 83.4 cm³/mol. The van der Waals surface area contributed by atoms with E-state index in [1.807, 2.05) is 12.1 Å². The second-order valence-corrected chi connectivity index (χ2v) is 7.18. The molecule has 1 N–H and O–H groups in total. The standard InChI is InChI=1S/C14H18Br2N2O/c15-12-6-10(7-13(16)14(12)19)8-17-4-5-18-3-1-2-11(18)9-17/h6-7,11,19H,1-5,8-9H2. The van der Waals surface area contributed by atoms with E-state index in [0.717, 1.165) is 28.1 Å². The van der Waals surface area contributed by atoms with Crippen LogP contribution in [0.4, 0.5) is 0 Å². The quantitative estimate of drug-likeness (QED) is 0.841.